The number of nitrogens with two attached hydrogens (primary N) is 1. The highest BCUT2D eigenvalue weighted by Gasteiger charge is 2.31. The van der Waals surface area contributed by atoms with E-state index in [0.29, 0.717) is 0 Å². The third kappa shape index (κ3) is 3.06. The van der Waals surface area contributed by atoms with E-state index in [1.165, 1.54) is 50.8 Å². The van der Waals surface area contributed by atoms with Crippen molar-refractivity contribution in [2.45, 2.75) is 38.6 Å². The van der Waals surface area contributed by atoms with Crippen molar-refractivity contribution in [3.63, 3.8) is 0 Å². The molecule has 2 unspecified atom stereocenters. The number of anilines is 1. The average Bonchev–Trinajstić information content (AvgIpc) is 2.43. The Bertz CT molecular complexity index is 446. The average molecular weight is 279 g/mol. The zero-order valence-electron chi connectivity index (χ0n) is 11.4. The normalized spacial score (nSPS) is 28.1. The van der Waals surface area contributed by atoms with Crippen LogP contribution in [0, 0.1) is 11.8 Å². The molecule has 0 radical (unpaired) electrons. The first-order chi connectivity index (χ1) is 9.22. The number of hydrogen-bond donors (Lipinski definition) is 1. The highest BCUT2D eigenvalue weighted by Crippen LogP contribution is 2.36. The third-order valence-corrected chi connectivity index (χ3v) is 5.21. The monoisotopic (exact) mass is 278 g/mol. The smallest absolute Gasteiger partial charge is 0.0452 e. The lowest BCUT2D eigenvalue weighted by atomic mass is 9.75. The zero-order chi connectivity index (χ0) is 13.2. The highest BCUT2D eigenvalue weighted by molar-refractivity contribution is 6.31. The molecule has 3 heteroatoms. The van der Waals surface area contributed by atoms with Crippen LogP contribution >= 0.6 is 11.6 Å². The minimum absolute atomic E-state index is 0.812. The van der Waals surface area contributed by atoms with E-state index < -0.39 is 0 Å². The number of rotatable bonds is 2. The second kappa shape index (κ2) is 5.72. The maximum Gasteiger partial charge on any atom is 0.0452 e. The molecule has 2 nitrogen and oxygen atoms in total. The maximum atomic E-state index is 6.27. The van der Waals surface area contributed by atoms with Crippen molar-refractivity contribution < 1.29 is 0 Å². The first-order valence-electron chi connectivity index (χ1n) is 7.48. The lowest BCUT2D eigenvalue weighted by molar-refractivity contribution is 0.0821. The molecule has 1 saturated carbocycles. The molecule has 1 saturated heterocycles. The summed E-state index contributed by atoms with van der Waals surface area (Å²) in [6.07, 6.45) is 7.12. The molecule has 0 bridgehead atoms. The Morgan fingerprint density at radius 1 is 1.16 bits per heavy atom. The van der Waals surface area contributed by atoms with Gasteiger partial charge in [-0.1, -0.05) is 30.9 Å². The lowest BCUT2D eigenvalue weighted by Gasteiger charge is -2.41. The van der Waals surface area contributed by atoms with Crippen LogP contribution in [0.5, 0.6) is 0 Å². The molecule has 1 aromatic rings. The summed E-state index contributed by atoms with van der Waals surface area (Å²) in [6, 6.07) is 5.81. The minimum atomic E-state index is 0.812. The number of piperidine rings is 1. The van der Waals surface area contributed by atoms with Crippen LogP contribution in [-0.2, 0) is 6.54 Å². The second-order valence-electron chi connectivity index (χ2n) is 6.18. The zero-order valence-corrected chi connectivity index (χ0v) is 12.2. The van der Waals surface area contributed by atoms with Crippen LogP contribution in [-0.4, -0.2) is 18.0 Å². The summed E-state index contributed by atoms with van der Waals surface area (Å²) in [5, 5.41) is 0.847. The number of halogens is 1. The van der Waals surface area contributed by atoms with E-state index in [-0.39, 0.29) is 0 Å². The predicted octanol–water partition coefficient (Wildman–Crippen LogP) is 3.93. The van der Waals surface area contributed by atoms with Crippen molar-refractivity contribution in [3.8, 4) is 0 Å². The summed E-state index contributed by atoms with van der Waals surface area (Å²) in [7, 11) is 0. The molecular weight excluding hydrogens is 256 g/mol. The van der Waals surface area contributed by atoms with Gasteiger partial charge in [-0.2, -0.15) is 0 Å². The fourth-order valence-electron chi connectivity index (χ4n) is 3.78. The number of nitrogen functional groups attached to an aromatic ring is 1. The van der Waals surface area contributed by atoms with E-state index in [1.54, 1.807) is 0 Å². The van der Waals surface area contributed by atoms with Crippen LogP contribution in [0.15, 0.2) is 18.2 Å². The topological polar surface area (TPSA) is 29.3 Å². The first-order valence-corrected chi connectivity index (χ1v) is 7.86. The van der Waals surface area contributed by atoms with Crippen molar-refractivity contribution in [1.29, 1.82) is 0 Å². The largest absolute Gasteiger partial charge is 0.399 e. The van der Waals surface area contributed by atoms with E-state index in [2.05, 4.69) is 4.90 Å². The molecule has 2 N–H and O–H groups in total. The van der Waals surface area contributed by atoms with E-state index in [0.717, 1.165) is 29.1 Å². The standard InChI is InChI=1S/C16H23ClN2/c17-16-6-5-15(18)9-14(16)11-19-8-7-12-3-1-2-4-13(12)10-19/h5-6,9,12-13H,1-4,7-8,10-11,18H2. The fourth-order valence-corrected chi connectivity index (χ4v) is 3.95. The SMILES string of the molecule is Nc1ccc(Cl)c(CN2CCC3CCCCC3C2)c1. The van der Waals surface area contributed by atoms with Gasteiger partial charge in [0.25, 0.3) is 0 Å². The van der Waals surface area contributed by atoms with E-state index in [1.807, 2.05) is 18.2 Å². The molecule has 1 aromatic carbocycles. The Morgan fingerprint density at radius 3 is 2.79 bits per heavy atom. The maximum absolute atomic E-state index is 6.27. The van der Waals surface area contributed by atoms with Crippen molar-refractivity contribution in [2.24, 2.45) is 11.8 Å². The Hall–Kier alpha value is -0.730. The Balaban J connectivity index is 1.65. The van der Waals surface area contributed by atoms with Gasteiger partial charge in [0.2, 0.25) is 0 Å². The van der Waals surface area contributed by atoms with Crippen molar-refractivity contribution in [2.75, 3.05) is 18.8 Å². The lowest BCUT2D eigenvalue weighted by Crippen LogP contribution is -2.41. The molecule has 19 heavy (non-hydrogen) atoms. The van der Waals surface area contributed by atoms with Crippen LogP contribution < -0.4 is 5.73 Å². The molecule has 1 aliphatic carbocycles. The number of likely N-dealkylation sites (tertiary alicyclic amines) is 1. The quantitative estimate of drug-likeness (QED) is 0.831. The summed E-state index contributed by atoms with van der Waals surface area (Å²) < 4.78 is 0. The number of fused-ring (bicyclic) bond motifs is 1. The number of hydrogen-bond acceptors (Lipinski definition) is 2. The molecule has 3 rings (SSSR count). The van der Waals surface area contributed by atoms with Gasteiger partial charge in [-0.3, -0.25) is 4.90 Å². The Morgan fingerprint density at radius 2 is 1.95 bits per heavy atom. The van der Waals surface area contributed by atoms with Gasteiger partial charge in [-0.15, -0.1) is 0 Å². The highest BCUT2D eigenvalue weighted by atomic mass is 35.5. The van der Waals surface area contributed by atoms with Gasteiger partial charge in [0.05, 0.1) is 0 Å². The fraction of sp³-hybridized carbons (Fsp3) is 0.625. The minimum Gasteiger partial charge on any atom is -0.399 e. The molecule has 0 aromatic heterocycles. The van der Waals surface area contributed by atoms with Gasteiger partial charge in [0, 0.05) is 23.8 Å². The third-order valence-electron chi connectivity index (χ3n) is 4.84. The second-order valence-corrected chi connectivity index (χ2v) is 6.59. The van der Waals surface area contributed by atoms with Crippen LogP contribution in [0.4, 0.5) is 5.69 Å². The number of nitrogens with zero attached hydrogens (tertiary/aromatic N) is 1. The summed E-state index contributed by atoms with van der Waals surface area (Å²) >= 11 is 6.27. The van der Waals surface area contributed by atoms with Gasteiger partial charge >= 0.3 is 0 Å². The van der Waals surface area contributed by atoms with Crippen LogP contribution in [0.25, 0.3) is 0 Å². The van der Waals surface area contributed by atoms with E-state index in [4.69, 9.17) is 17.3 Å². The van der Waals surface area contributed by atoms with Crippen molar-refractivity contribution in [3.05, 3.63) is 28.8 Å². The summed E-state index contributed by atoms with van der Waals surface area (Å²) in [6.45, 7) is 3.41. The molecule has 1 heterocycles. The van der Waals surface area contributed by atoms with Crippen LogP contribution in [0.2, 0.25) is 5.02 Å². The Labute approximate surface area is 120 Å². The molecule has 1 aliphatic heterocycles. The Kier molecular flexibility index (Phi) is 3.99. The van der Waals surface area contributed by atoms with Gasteiger partial charge in [-0.25, -0.2) is 0 Å². The van der Waals surface area contributed by atoms with Gasteiger partial charge in [0.1, 0.15) is 0 Å². The first kappa shape index (κ1) is 13.3. The molecule has 0 amide bonds. The molecule has 104 valence electrons. The van der Waals surface area contributed by atoms with Crippen molar-refractivity contribution in [1.82, 2.24) is 4.90 Å². The summed E-state index contributed by atoms with van der Waals surface area (Å²) in [4.78, 5) is 2.56. The molecular formula is C16H23ClN2. The molecule has 2 fully saturated rings. The van der Waals surface area contributed by atoms with E-state index >= 15 is 0 Å². The van der Waals surface area contributed by atoms with Crippen molar-refractivity contribution >= 4 is 17.3 Å². The van der Waals surface area contributed by atoms with Crippen LogP contribution in [0.3, 0.4) is 0 Å². The molecule has 2 aliphatic rings. The molecule has 0 spiro atoms. The summed E-state index contributed by atoms with van der Waals surface area (Å²) in [5.41, 5.74) is 7.85. The van der Waals surface area contributed by atoms with Gasteiger partial charge < -0.3 is 5.73 Å². The van der Waals surface area contributed by atoms with Crippen LogP contribution in [0.1, 0.15) is 37.7 Å². The molecule has 2 atom stereocenters. The van der Waals surface area contributed by atoms with Gasteiger partial charge in [0.15, 0.2) is 0 Å². The van der Waals surface area contributed by atoms with E-state index in [9.17, 15) is 0 Å². The summed E-state index contributed by atoms with van der Waals surface area (Å²) in [5.74, 6) is 1.91. The predicted molar refractivity (Wildman–Crippen MR) is 81.2 cm³/mol. The number of benzene rings is 1. The van der Waals surface area contributed by atoms with Gasteiger partial charge in [-0.05, 0) is 55.0 Å².